The lowest BCUT2D eigenvalue weighted by Gasteiger charge is -2.21. The number of ketones is 1. The van der Waals surface area contributed by atoms with Crippen LogP contribution < -0.4 is 22.1 Å². The van der Waals surface area contributed by atoms with E-state index in [9.17, 15) is 14.4 Å². The van der Waals surface area contributed by atoms with Crippen molar-refractivity contribution in [2.24, 2.45) is 23.3 Å². The lowest BCUT2D eigenvalue weighted by molar-refractivity contribution is -0.127. The molecule has 0 aromatic heterocycles. The molecule has 1 aromatic carbocycles. The fraction of sp³-hybridized carbons (Fsp3) is 0.571. The summed E-state index contributed by atoms with van der Waals surface area (Å²) in [5.41, 5.74) is 12.6. The molecule has 8 heteroatoms. The first kappa shape index (κ1) is 22.8. The number of carbonyl (C=O) groups is 3. The van der Waals surface area contributed by atoms with E-state index in [4.69, 9.17) is 16.6 Å². The van der Waals surface area contributed by atoms with Gasteiger partial charge in [0.1, 0.15) is 0 Å². The first-order valence-corrected chi connectivity index (χ1v) is 10.2. The lowest BCUT2D eigenvalue weighted by atomic mass is 9.88. The molecule has 1 fully saturated rings. The highest BCUT2D eigenvalue weighted by Gasteiger charge is 2.30. The predicted octanol–water partition coefficient (Wildman–Crippen LogP) is 1.66. The van der Waals surface area contributed by atoms with E-state index in [0.29, 0.717) is 25.1 Å². The molecule has 2 rings (SSSR count). The van der Waals surface area contributed by atoms with E-state index in [1.807, 2.05) is 0 Å². The number of nitrogens with two attached hydrogens (primary N) is 2. The summed E-state index contributed by atoms with van der Waals surface area (Å²) in [6, 6.07) is 5.72. The molecule has 2 atom stereocenters. The molecule has 1 aromatic rings. The van der Waals surface area contributed by atoms with Gasteiger partial charge >= 0.3 is 6.03 Å². The van der Waals surface area contributed by atoms with Gasteiger partial charge in [-0.2, -0.15) is 0 Å². The third-order valence-electron chi connectivity index (χ3n) is 5.53. The summed E-state index contributed by atoms with van der Waals surface area (Å²) in [6.07, 6.45) is 5.15. The summed E-state index contributed by atoms with van der Waals surface area (Å²) < 4.78 is 0. The Morgan fingerprint density at radius 3 is 2.38 bits per heavy atom. The number of aliphatic hydroxyl groups excluding tert-OH is 1. The molecule has 0 radical (unpaired) electrons. The van der Waals surface area contributed by atoms with Crippen molar-refractivity contribution >= 4 is 23.4 Å². The van der Waals surface area contributed by atoms with E-state index in [1.165, 1.54) is 0 Å². The van der Waals surface area contributed by atoms with E-state index in [0.717, 1.165) is 31.2 Å². The van der Waals surface area contributed by atoms with Crippen molar-refractivity contribution < 1.29 is 19.5 Å². The minimum atomic E-state index is -0.616. The van der Waals surface area contributed by atoms with Gasteiger partial charge in [-0.05, 0) is 49.3 Å². The molecule has 29 heavy (non-hydrogen) atoms. The molecule has 1 aliphatic carbocycles. The number of carbonyl (C=O) groups excluding carboxylic acids is 3. The fourth-order valence-electron chi connectivity index (χ4n) is 3.78. The molecule has 160 valence electrons. The Morgan fingerprint density at radius 2 is 1.79 bits per heavy atom. The quantitative estimate of drug-likeness (QED) is 0.356. The second-order valence-corrected chi connectivity index (χ2v) is 7.72. The average Bonchev–Trinajstić information content (AvgIpc) is 3.24. The van der Waals surface area contributed by atoms with Crippen molar-refractivity contribution in [1.82, 2.24) is 5.32 Å². The monoisotopic (exact) mass is 404 g/mol. The van der Waals surface area contributed by atoms with Gasteiger partial charge in [-0.3, -0.25) is 9.59 Å². The number of nitrogens with one attached hydrogen (secondary N) is 2. The smallest absolute Gasteiger partial charge is 0.312 e. The van der Waals surface area contributed by atoms with Crippen molar-refractivity contribution in [2.75, 3.05) is 11.9 Å². The number of amides is 3. The molecular formula is C21H32N4O4. The molecule has 0 spiro atoms. The van der Waals surface area contributed by atoms with Gasteiger partial charge in [0.2, 0.25) is 5.91 Å². The van der Waals surface area contributed by atoms with Crippen molar-refractivity contribution in [3.63, 3.8) is 0 Å². The van der Waals surface area contributed by atoms with Crippen LogP contribution in [0.15, 0.2) is 24.3 Å². The van der Waals surface area contributed by atoms with E-state index in [1.54, 1.807) is 24.3 Å². The Balaban J connectivity index is 1.98. The largest absolute Gasteiger partial charge is 0.392 e. The summed E-state index contributed by atoms with van der Waals surface area (Å²) in [5.74, 6) is -0.681. The second kappa shape index (κ2) is 11.5. The molecule has 1 aliphatic rings. The number of aliphatic hydroxyl groups is 1. The molecule has 8 nitrogen and oxygen atoms in total. The highest BCUT2D eigenvalue weighted by molar-refractivity contribution is 5.96. The normalized spacial score (nSPS) is 16.2. The van der Waals surface area contributed by atoms with Crippen LogP contribution in [0.5, 0.6) is 0 Å². The first-order valence-electron chi connectivity index (χ1n) is 10.2. The van der Waals surface area contributed by atoms with Crippen molar-refractivity contribution in [2.45, 2.75) is 57.6 Å². The Morgan fingerprint density at radius 1 is 1.14 bits per heavy atom. The maximum atomic E-state index is 12.8. The second-order valence-electron chi connectivity index (χ2n) is 7.72. The number of urea groups is 1. The van der Waals surface area contributed by atoms with Crippen molar-refractivity contribution in [3.05, 3.63) is 29.8 Å². The van der Waals surface area contributed by atoms with Gasteiger partial charge in [0.25, 0.3) is 0 Å². The van der Waals surface area contributed by atoms with Crippen LogP contribution in [0.4, 0.5) is 10.5 Å². The zero-order valence-electron chi connectivity index (χ0n) is 16.7. The molecule has 0 heterocycles. The van der Waals surface area contributed by atoms with Gasteiger partial charge in [0.15, 0.2) is 5.78 Å². The number of benzene rings is 1. The van der Waals surface area contributed by atoms with Gasteiger partial charge in [-0.1, -0.05) is 25.0 Å². The van der Waals surface area contributed by atoms with Crippen molar-refractivity contribution in [1.29, 1.82) is 0 Å². The zero-order chi connectivity index (χ0) is 21.2. The lowest BCUT2D eigenvalue weighted by Crippen LogP contribution is -2.39. The van der Waals surface area contributed by atoms with E-state index in [2.05, 4.69) is 10.6 Å². The van der Waals surface area contributed by atoms with E-state index < -0.39 is 18.0 Å². The van der Waals surface area contributed by atoms with Crippen LogP contribution in [0, 0.1) is 11.8 Å². The summed E-state index contributed by atoms with van der Waals surface area (Å²) >= 11 is 0. The zero-order valence-corrected chi connectivity index (χ0v) is 16.7. The number of Topliss-reactive ketones (excluding diaryl/α,β-unsaturated/α-hetero) is 1. The SMILES string of the molecule is NC(=O)NCCC[C@H](CC(=O)[C@@H](N)C1CCCC1)C(=O)Nc1ccc(CO)cc1. The summed E-state index contributed by atoms with van der Waals surface area (Å²) in [5, 5.41) is 14.5. The fourth-order valence-corrected chi connectivity index (χ4v) is 3.78. The molecule has 0 saturated heterocycles. The number of hydrogen-bond donors (Lipinski definition) is 5. The molecule has 1 saturated carbocycles. The van der Waals surface area contributed by atoms with Gasteiger partial charge in [-0.25, -0.2) is 4.79 Å². The Kier molecular flexibility index (Phi) is 9.08. The van der Waals surface area contributed by atoms with Crippen molar-refractivity contribution in [3.8, 4) is 0 Å². The topological polar surface area (TPSA) is 148 Å². The van der Waals surface area contributed by atoms with Crippen LogP contribution in [0.1, 0.15) is 50.5 Å². The predicted molar refractivity (Wildman–Crippen MR) is 111 cm³/mol. The highest BCUT2D eigenvalue weighted by Crippen LogP contribution is 2.28. The van der Waals surface area contributed by atoms with Crippen LogP contribution in [-0.4, -0.2) is 35.4 Å². The molecular weight excluding hydrogens is 372 g/mol. The van der Waals surface area contributed by atoms with Crippen LogP contribution in [0.25, 0.3) is 0 Å². The minimum absolute atomic E-state index is 0.0722. The molecule has 0 bridgehead atoms. The average molecular weight is 405 g/mol. The maximum Gasteiger partial charge on any atom is 0.312 e. The van der Waals surface area contributed by atoms with Gasteiger partial charge < -0.3 is 27.2 Å². The third-order valence-corrected chi connectivity index (χ3v) is 5.53. The first-order chi connectivity index (χ1) is 13.9. The van der Waals surface area contributed by atoms with Gasteiger partial charge in [0, 0.05) is 24.6 Å². The Labute approximate surface area is 171 Å². The molecule has 0 aliphatic heterocycles. The van der Waals surface area contributed by atoms with E-state index >= 15 is 0 Å². The van der Waals surface area contributed by atoms with E-state index in [-0.39, 0.29) is 30.6 Å². The Hall–Kier alpha value is -2.45. The number of rotatable bonds is 11. The van der Waals surface area contributed by atoms with Crippen LogP contribution >= 0.6 is 0 Å². The van der Waals surface area contributed by atoms with Crippen LogP contribution in [0.2, 0.25) is 0 Å². The van der Waals surface area contributed by atoms with Gasteiger partial charge in [-0.15, -0.1) is 0 Å². The summed E-state index contributed by atoms with van der Waals surface area (Å²) in [6.45, 7) is 0.268. The third kappa shape index (κ3) is 7.47. The number of primary amides is 1. The minimum Gasteiger partial charge on any atom is -0.392 e. The molecule has 7 N–H and O–H groups in total. The Bertz CT molecular complexity index is 686. The standard InChI is InChI=1S/C21H32N4O4/c22-19(15-4-1-2-5-15)18(27)12-16(6-3-11-24-21(23)29)20(28)25-17-9-7-14(13-26)8-10-17/h7-10,15-16,19,26H,1-6,11-13,22H2,(H,25,28)(H3,23,24,29)/t16-,19+/m1/s1. The summed E-state index contributed by atoms with van der Waals surface area (Å²) in [7, 11) is 0. The molecule has 0 unspecified atom stereocenters. The van der Waals surface area contributed by atoms with Crippen LogP contribution in [-0.2, 0) is 16.2 Å². The maximum absolute atomic E-state index is 12.8. The van der Waals surface area contributed by atoms with Gasteiger partial charge in [0.05, 0.1) is 12.6 Å². The summed E-state index contributed by atoms with van der Waals surface area (Å²) in [4.78, 5) is 36.3. The number of anilines is 1. The number of hydrogen-bond acceptors (Lipinski definition) is 5. The van der Waals surface area contributed by atoms with Crippen LogP contribution in [0.3, 0.4) is 0 Å². The molecule has 3 amide bonds. The highest BCUT2D eigenvalue weighted by atomic mass is 16.3.